The summed E-state index contributed by atoms with van der Waals surface area (Å²) in [5.74, 6) is 1.95. The van der Waals surface area contributed by atoms with Gasteiger partial charge in [0, 0.05) is 24.2 Å². The molecule has 5 nitrogen and oxygen atoms in total. The van der Waals surface area contributed by atoms with Crippen molar-refractivity contribution < 1.29 is 14.3 Å². The van der Waals surface area contributed by atoms with Crippen LogP contribution >= 0.6 is 0 Å². The van der Waals surface area contributed by atoms with Crippen molar-refractivity contribution >= 4 is 17.9 Å². The highest BCUT2D eigenvalue weighted by atomic mass is 16.5. The van der Waals surface area contributed by atoms with Crippen molar-refractivity contribution in [2.75, 3.05) is 52.5 Å². The number of likely N-dealkylation sites (tertiary alicyclic amines) is 2. The molecule has 0 radical (unpaired) electrons. The Hall–Kier alpha value is -2.89. The fraction of sp³-hybridized carbons (Fsp3) is 0.514. The first-order chi connectivity index (χ1) is 19.7. The minimum atomic E-state index is 0.163. The van der Waals surface area contributed by atoms with Gasteiger partial charge in [0.05, 0.1) is 0 Å². The lowest BCUT2D eigenvalue weighted by Crippen LogP contribution is -2.29. The summed E-state index contributed by atoms with van der Waals surface area (Å²) in [7, 11) is 0. The van der Waals surface area contributed by atoms with Crippen molar-refractivity contribution in [1.82, 2.24) is 9.80 Å². The van der Waals surface area contributed by atoms with E-state index in [-0.39, 0.29) is 5.78 Å². The van der Waals surface area contributed by atoms with Gasteiger partial charge in [-0.15, -0.1) is 0 Å². The van der Waals surface area contributed by atoms with Gasteiger partial charge in [-0.3, -0.25) is 14.6 Å². The third kappa shape index (κ3) is 8.81. The lowest BCUT2D eigenvalue weighted by Gasteiger charge is -2.19. The number of carbonyl (C=O) groups excluding carboxylic acids is 1. The molecule has 3 fully saturated rings. The number of Topliss-reactive ketones (excluding diaryl/α,β-unsaturated/α-hetero) is 1. The summed E-state index contributed by atoms with van der Waals surface area (Å²) in [6.07, 6.45) is 16.3. The molecule has 2 aliphatic heterocycles. The quantitative estimate of drug-likeness (QED) is 0.302. The minimum Gasteiger partial charge on any atom is -0.492 e. The number of nitrogens with zero attached hydrogens (tertiary/aromatic N) is 2. The van der Waals surface area contributed by atoms with Crippen LogP contribution in [-0.4, -0.2) is 68.1 Å². The standard InChI is InChI=1S/C35H46N2O3/c38-35-31(27-29-9-15-33(16-10-29)39-25-23-36-19-5-1-2-6-20-36)13-14-32(35)28-30-11-17-34(18-12-30)40-26-24-37-21-7-3-4-8-22-37/h9-12,15-18,27-28H,1-8,13-14,19-26H2/b31-27+,32-28+. The molecular weight excluding hydrogens is 496 g/mol. The number of rotatable bonds is 10. The predicted molar refractivity (Wildman–Crippen MR) is 164 cm³/mol. The Bertz CT molecular complexity index is 1030. The van der Waals surface area contributed by atoms with Crippen molar-refractivity contribution in [1.29, 1.82) is 0 Å². The van der Waals surface area contributed by atoms with E-state index in [0.717, 1.165) is 72.9 Å². The molecule has 0 unspecified atom stereocenters. The molecule has 0 bridgehead atoms. The normalized spacial score (nSPS) is 21.4. The average molecular weight is 543 g/mol. The molecule has 0 atom stereocenters. The highest BCUT2D eigenvalue weighted by Crippen LogP contribution is 2.30. The first-order valence-electron chi connectivity index (χ1n) is 15.6. The van der Waals surface area contributed by atoms with Gasteiger partial charge in [0.25, 0.3) is 0 Å². The van der Waals surface area contributed by atoms with Gasteiger partial charge in [-0.05, 0) is 112 Å². The van der Waals surface area contributed by atoms with E-state index < -0.39 is 0 Å². The smallest absolute Gasteiger partial charge is 0.185 e. The molecule has 1 saturated carbocycles. The molecule has 0 amide bonds. The molecule has 2 heterocycles. The van der Waals surface area contributed by atoms with Crippen LogP contribution < -0.4 is 9.47 Å². The van der Waals surface area contributed by atoms with Gasteiger partial charge >= 0.3 is 0 Å². The number of carbonyl (C=O) groups is 1. The first kappa shape index (κ1) is 28.6. The molecule has 2 aromatic rings. The molecular formula is C35H46N2O3. The summed E-state index contributed by atoms with van der Waals surface area (Å²) >= 11 is 0. The van der Waals surface area contributed by atoms with Crippen molar-refractivity contribution in [2.45, 2.75) is 64.2 Å². The van der Waals surface area contributed by atoms with Crippen LogP contribution in [0.25, 0.3) is 12.2 Å². The van der Waals surface area contributed by atoms with Gasteiger partial charge < -0.3 is 9.47 Å². The Labute approximate surface area is 240 Å². The molecule has 5 heteroatoms. The highest BCUT2D eigenvalue weighted by molar-refractivity contribution is 6.15. The van der Waals surface area contributed by atoms with Crippen LogP contribution in [0.5, 0.6) is 11.5 Å². The first-order valence-corrected chi connectivity index (χ1v) is 15.6. The maximum absolute atomic E-state index is 13.1. The lowest BCUT2D eigenvalue weighted by molar-refractivity contribution is -0.111. The third-order valence-electron chi connectivity index (χ3n) is 8.44. The largest absolute Gasteiger partial charge is 0.492 e. The molecule has 2 aromatic carbocycles. The van der Waals surface area contributed by atoms with E-state index in [4.69, 9.17) is 9.47 Å². The maximum atomic E-state index is 13.1. The van der Waals surface area contributed by atoms with Gasteiger partial charge in [-0.1, -0.05) is 49.9 Å². The summed E-state index contributed by atoms with van der Waals surface area (Å²) in [6, 6.07) is 16.3. The highest BCUT2D eigenvalue weighted by Gasteiger charge is 2.23. The van der Waals surface area contributed by atoms with Crippen molar-refractivity contribution in [3.63, 3.8) is 0 Å². The summed E-state index contributed by atoms with van der Waals surface area (Å²) < 4.78 is 12.0. The zero-order valence-corrected chi connectivity index (χ0v) is 24.1. The molecule has 0 aromatic heterocycles. The molecule has 0 N–H and O–H groups in total. The number of allylic oxidation sites excluding steroid dienone is 2. The monoisotopic (exact) mass is 542 g/mol. The maximum Gasteiger partial charge on any atom is 0.185 e. The number of hydrogen-bond acceptors (Lipinski definition) is 5. The van der Waals surface area contributed by atoms with Crippen LogP contribution in [0.15, 0.2) is 59.7 Å². The van der Waals surface area contributed by atoms with Gasteiger partial charge in [0.15, 0.2) is 5.78 Å². The van der Waals surface area contributed by atoms with E-state index in [1.54, 1.807) is 0 Å². The molecule has 0 spiro atoms. The molecule has 2 saturated heterocycles. The number of hydrogen-bond donors (Lipinski definition) is 0. The third-order valence-corrected chi connectivity index (χ3v) is 8.44. The predicted octanol–water partition coefficient (Wildman–Crippen LogP) is 7.03. The SMILES string of the molecule is O=C1/C(=C/c2ccc(OCCN3CCCCCC3)cc2)CC/C1=C\c1ccc(OCCN2CCCCCC2)cc1. The van der Waals surface area contributed by atoms with Crippen LogP contribution in [0.3, 0.4) is 0 Å². The van der Waals surface area contributed by atoms with Gasteiger partial charge in [-0.25, -0.2) is 0 Å². The molecule has 5 rings (SSSR count). The van der Waals surface area contributed by atoms with Crippen LogP contribution in [0, 0.1) is 0 Å². The second-order valence-electron chi connectivity index (χ2n) is 11.5. The van der Waals surface area contributed by atoms with Crippen LogP contribution in [0.2, 0.25) is 0 Å². The van der Waals surface area contributed by atoms with E-state index in [9.17, 15) is 4.79 Å². The summed E-state index contributed by atoms with van der Waals surface area (Å²) in [5, 5.41) is 0. The molecule has 40 heavy (non-hydrogen) atoms. The fourth-order valence-corrected chi connectivity index (χ4v) is 6.01. The molecule has 214 valence electrons. The van der Waals surface area contributed by atoms with E-state index in [1.807, 2.05) is 36.4 Å². The number of ether oxygens (including phenoxy) is 2. The van der Waals surface area contributed by atoms with Crippen molar-refractivity contribution in [2.24, 2.45) is 0 Å². The van der Waals surface area contributed by atoms with E-state index >= 15 is 0 Å². The Morgan fingerprint density at radius 3 is 1.30 bits per heavy atom. The van der Waals surface area contributed by atoms with Crippen LogP contribution in [0.4, 0.5) is 0 Å². The topological polar surface area (TPSA) is 42.0 Å². The fourth-order valence-electron chi connectivity index (χ4n) is 6.01. The Balaban J connectivity index is 1.08. The van der Waals surface area contributed by atoms with Crippen LogP contribution in [-0.2, 0) is 4.79 Å². The number of ketones is 1. The zero-order valence-electron chi connectivity index (χ0n) is 24.1. The minimum absolute atomic E-state index is 0.163. The van der Waals surface area contributed by atoms with Gasteiger partial charge in [-0.2, -0.15) is 0 Å². The molecule has 3 aliphatic rings. The Kier molecular flexibility index (Phi) is 10.9. The zero-order chi connectivity index (χ0) is 27.4. The number of benzene rings is 2. The average Bonchev–Trinajstić information content (AvgIpc) is 3.22. The van der Waals surface area contributed by atoms with E-state index in [0.29, 0.717) is 0 Å². The second kappa shape index (κ2) is 15.2. The lowest BCUT2D eigenvalue weighted by atomic mass is 10.1. The van der Waals surface area contributed by atoms with Gasteiger partial charge in [0.1, 0.15) is 24.7 Å². The Morgan fingerprint density at radius 1 is 0.550 bits per heavy atom. The summed E-state index contributed by atoms with van der Waals surface area (Å²) in [5.41, 5.74) is 3.86. The van der Waals surface area contributed by atoms with Crippen molar-refractivity contribution in [3.05, 3.63) is 70.8 Å². The second-order valence-corrected chi connectivity index (χ2v) is 11.5. The van der Waals surface area contributed by atoms with Gasteiger partial charge in [0.2, 0.25) is 0 Å². The van der Waals surface area contributed by atoms with Crippen molar-refractivity contribution in [3.8, 4) is 11.5 Å². The van der Waals surface area contributed by atoms with E-state index in [2.05, 4.69) is 34.1 Å². The summed E-state index contributed by atoms with van der Waals surface area (Å²) in [6.45, 7) is 8.20. The Morgan fingerprint density at radius 2 is 0.925 bits per heavy atom. The van der Waals surface area contributed by atoms with E-state index in [1.165, 1.54) is 77.5 Å². The van der Waals surface area contributed by atoms with Crippen LogP contribution in [0.1, 0.15) is 75.3 Å². The summed E-state index contributed by atoms with van der Waals surface area (Å²) in [4.78, 5) is 18.1. The molecule has 1 aliphatic carbocycles.